The van der Waals surface area contributed by atoms with Crippen LogP contribution in [0.3, 0.4) is 0 Å². The lowest BCUT2D eigenvalue weighted by molar-refractivity contribution is -0.121. The van der Waals surface area contributed by atoms with Crippen LogP contribution in [0.4, 0.5) is 0 Å². The van der Waals surface area contributed by atoms with Crippen LogP contribution in [-0.2, 0) is 4.79 Å². The van der Waals surface area contributed by atoms with Crippen molar-refractivity contribution >= 4 is 5.91 Å². The Labute approximate surface area is 72.9 Å². The summed E-state index contributed by atoms with van der Waals surface area (Å²) >= 11 is 0. The van der Waals surface area contributed by atoms with Gasteiger partial charge in [-0.2, -0.15) is 0 Å². The predicted molar refractivity (Wildman–Crippen MR) is 47.6 cm³/mol. The molecule has 1 fully saturated rings. The second-order valence-corrected chi connectivity index (χ2v) is 3.65. The molecule has 1 saturated heterocycles. The molecule has 1 rings (SSSR count). The summed E-state index contributed by atoms with van der Waals surface area (Å²) in [6.45, 7) is 5.87. The van der Waals surface area contributed by atoms with E-state index in [9.17, 15) is 4.79 Å². The molecule has 0 aromatic carbocycles. The second kappa shape index (κ2) is 3.87. The van der Waals surface area contributed by atoms with E-state index in [1.807, 2.05) is 13.8 Å². The summed E-state index contributed by atoms with van der Waals surface area (Å²) in [6, 6.07) is 0.238. The van der Waals surface area contributed by atoms with Crippen LogP contribution >= 0.6 is 0 Å². The molecule has 0 saturated carbocycles. The standard InChI is InChI=1S/C8H17N3O/c1-5(2)7(8(9)12)11-6-3-10-4-6/h5-7,10-11H,3-4H2,1-2H3,(H2,9,12). The number of carbonyl (C=O) groups excluding carboxylic acids is 1. The predicted octanol–water partition coefficient (Wildman–Crippen LogP) is -0.942. The highest BCUT2D eigenvalue weighted by atomic mass is 16.1. The fraction of sp³-hybridized carbons (Fsp3) is 0.875. The quantitative estimate of drug-likeness (QED) is 0.511. The van der Waals surface area contributed by atoms with Gasteiger partial charge < -0.3 is 16.4 Å². The van der Waals surface area contributed by atoms with E-state index >= 15 is 0 Å². The molecule has 12 heavy (non-hydrogen) atoms. The van der Waals surface area contributed by atoms with Gasteiger partial charge in [-0.15, -0.1) is 0 Å². The average molecular weight is 171 g/mol. The van der Waals surface area contributed by atoms with Crippen molar-refractivity contribution in [2.75, 3.05) is 13.1 Å². The number of primary amides is 1. The molecule has 4 nitrogen and oxygen atoms in total. The summed E-state index contributed by atoms with van der Waals surface area (Å²) in [4.78, 5) is 11.0. The number of nitrogens with two attached hydrogens (primary N) is 1. The molecular formula is C8H17N3O. The molecule has 0 aromatic heterocycles. The lowest BCUT2D eigenvalue weighted by Gasteiger charge is -2.32. The highest BCUT2D eigenvalue weighted by molar-refractivity contribution is 5.80. The van der Waals surface area contributed by atoms with E-state index in [4.69, 9.17) is 5.73 Å². The van der Waals surface area contributed by atoms with Gasteiger partial charge in [0.25, 0.3) is 0 Å². The Hall–Kier alpha value is -0.610. The van der Waals surface area contributed by atoms with Crippen molar-refractivity contribution in [1.29, 1.82) is 0 Å². The summed E-state index contributed by atoms with van der Waals surface area (Å²) in [5.41, 5.74) is 5.24. The molecule has 1 aliphatic heterocycles. The molecular weight excluding hydrogens is 154 g/mol. The van der Waals surface area contributed by atoms with E-state index in [0.29, 0.717) is 6.04 Å². The summed E-state index contributed by atoms with van der Waals surface area (Å²) in [5, 5.41) is 6.35. The molecule has 1 aliphatic rings. The fourth-order valence-corrected chi connectivity index (χ4v) is 1.26. The molecule has 1 amide bonds. The van der Waals surface area contributed by atoms with Gasteiger partial charge in [-0.3, -0.25) is 4.79 Å². The van der Waals surface area contributed by atoms with Gasteiger partial charge in [-0.05, 0) is 5.92 Å². The van der Waals surface area contributed by atoms with E-state index in [-0.39, 0.29) is 17.9 Å². The van der Waals surface area contributed by atoms with Crippen molar-refractivity contribution in [3.63, 3.8) is 0 Å². The van der Waals surface area contributed by atoms with E-state index in [1.165, 1.54) is 0 Å². The highest BCUT2D eigenvalue weighted by Gasteiger charge is 2.25. The minimum Gasteiger partial charge on any atom is -0.368 e. The zero-order valence-corrected chi connectivity index (χ0v) is 7.63. The maximum absolute atomic E-state index is 11.0. The molecule has 1 unspecified atom stereocenters. The topological polar surface area (TPSA) is 67.2 Å². The maximum atomic E-state index is 11.0. The largest absolute Gasteiger partial charge is 0.368 e. The van der Waals surface area contributed by atoms with Gasteiger partial charge >= 0.3 is 0 Å². The Morgan fingerprint density at radius 2 is 2.17 bits per heavy atom. The zero-order chi connectivity index (χ0) is 9.14. The van der Waals surface area contributed by atoms with Crippen LogP contribution in [0.15, 0.2) is 0 Å². The molecule has 4 N–H and O–H groups in total. The Kier molecular flexibility index (Phi) is 3.05. The van der Waals surface area contributed by atoms with Gasteiger partial charge in [0.2, 0.25) is 5.91 Å². The van der Waals surface area contributed by atoms with Gasteiger partial charge in [0, 0.05) is 19.1 Å². The lowest BCUT2D eigenvalue weighted by Crippen LogP contribution is -2.61. The van der Waals surface area contributed by atoms with Crippen LogP contribution in [0.25, 0.3) is 0 Å². The third kappa shape index (κ3) is 2.19. The van der Waals surface area contributed by atoms with Crippen LogP contribution in [0.2, 0.25) is 0 Å². The first-order valence-corrected chi connectivity index (χ1v) is 4.37. The first-order valence-electron chi connectivity index (χ1n) is 4.37. The van der Waals surface area contributed by atoms with Crippen molar-refractivity contribution in [3.8, 4) is 0 Å². The molecule has 70 valence electrons. The second-order valence-electron chi connectivity index (χ2n) is 3.65. The van der Waals surface area contributed by atoms with Gasteiger partial charge in [0.05, 0.1) is 6.04 Å². The monoisotopic (exact) mass is 171 g/mol. The Balaban J connectivity index is 2.36. The molecule has 1 heterocycles. The zero-order valence-electron chi connectivity index (χ0n) is 7.63. The van der Waals surface area contributed by atoms with Crippen molar-refractivity contribution in [1.82, 2.24) is 10.6 Å². The third-order valence-corrected chi connectivity index (χ3v) is 2.17. The van der Waals surface area contributed by atoms with Crippen LogP contribution in [0.1, 0.15) is 13.8 Å². The number of amides is 1. The molecule has 0 radical (unpaired) electrons. The fourth-order valence-electron chi connectivity index (χ4n) is 1.26. The van der Waals surface area contributed by atoms with Crippen molar-refractivity contribution < 1.29 is 4.79 Å². The SMILES string of the molecule is CC(C)C(NC1CNC1)C(N)=O. The van der Waals surface area contributed by atoms with Gasteiger partial charge in [0.15, 0.2) is 0 Å². The molecule has 1 atom stereocenters. The van der Waals surface area contributed by atoms with Crippen molar-refractivity contribution in [3.05, 3.63) is 0 Å². The van der Waals surface area contributed by atoms with Crippen molar-refractivity contribution in [2.24, 2.45) is 11.7 Å². The van der Waals surface area contributed by atoms with Crippen molar-refractivity contribution in [2.45, 2.75) is 25.9 Å². The maximum Gasteiger partial charge on any atom is 0.234 e. The van der Waals surface area contributed by atoms with Crippen LogP contribution in [0, 0.1) is 5.92 Å². The first-order chi connectivity index (χ1) is 5.61. The normalized spacial score (nSPS) is 20.6. The molecule has 0 bridgehead atoms. The molecule has 0 aromatic rings. The van der Waals surface area contributed by atoms with Gasteiger partial charge in [-0.25, -0.2) is 0 Å². The smallest absolute Gasteiger partial charge is 0.234 e. The number of hydrogen-bond acceptors (Lipinski definition) is 3. The van der Waals surface area contributed by atoms with Gasteiger partial charge in [-0.1, -0.05) is 13.8 Å². The summed E-state index contributed by atoms with van der Waals surface area (Å²) in [6.07, 6.45) is 0. The molecule has 0 aliphatic carbocycles. The number of carbonyl (C=O) groups is 1. The summed E-state index contributed by atoms with van der Waals surface area (Å²) < 4.78 is 0. The first kappa shape index (κ1) is 9.48. The van der Waals surface area contributed by atoms with E-state index in [0.717, 1.165) is 13.1 Å². The minimum absolute atomic E-state index is 0.183. The van der Waals surface area contributed by atoms with E-state index < -0.39 is 0 Å². The third-order valence-electron chi connectivity index (χ3n) is 2.17. The highest BCUT2D eigenvalue weighted by Crippen LogP contribution is 2.03. The minimum atomic E-state index is -0.253. The Morgan fingerprint density at radius 1 is 1.58 bits per heavy atom. The summed E-state index contributed by atoms with van der Waals surface area (Å²) in [5.74, 6) is 0.0139. The average Bonchev–Trinajstić information content (AvgIpc) is 1.82. The lowest BCUT2D eigenvalue weighted by atomic mass is 10.0. The van der Waals surface area contributed by atoms with Crippen LogP contribution in [-0.4, -0.2) is 31.1 Å². The number of nitrogens with one attached hydrogen (secondary N) is 2. The van der Waals surface area contributed by atoms with E-state index in [1.54, 1.807) is 0 Å². The Morgan fingerprint density at radius 3 is 2.42 bits per heavy atom. The Bertz CT molecular complexity index is 166. The van der Waals surface area contributed by atoms with Gasteiger partial charge in [0.1, 0.15) is 0 Å². The number of rotatable bonds is 4. The van der Waals surface area contributed by atoms with Crippen LogP contribution < -0.4 is 16.4 Å². The molecule has 0 spiro atoms. The summed E-state index contributed by atoms with van der Waals surface area (Å²) in [7, 11) is 0. The molecule has 4 heteroatoms. The number of hydrogen-bond donors (Lipinski definition) is 3. The van der Waals surface area contributed by atoms with Crippen LogP contribution in [0.5, 0.6) is 0 Å². The van der Waals surface area contributed by atoms with E-state index in [2.05, 4.69) is 10.6 Å².